The molecule has 0 spiro atoms. The van der Waals surface area contributed by atoms with E-state index in [9.17, 15) is 17.6 Å². The van der Waals surface area contributed by atoms with Gasteiger partial charge in [0.05, 0.1) is 5.69 Å². The van der Waals surface area contributed by atoms with Crippen LogP contribution in [0.25, 0.3) is 0 Å². The van der Waals surface area contributed by atoms with E-state index < -0.39 is 21.0 Å². The zero-order valence-electron chi connectivity index (χ0n) is 12.7. The van der Waals surface area contributed by atoms with Gasteiger partial charge in [-0.05, 0) is 31.5 Å². The van der Waals surface area contributed by atoms with E-state index >= 15 is 0 Å². The molecule has 0 radical (unpaired) electrons. The highest BCUT2D eigenvalue weighted by molar-refractivity contribution is 7.92. The summed E-state index contributed by atoms with van der Waals surface area (Å²) >= 11 is 0. The number of rotatable bonds is 6. The molecule has 2 aromatic rings. The lowest BCUT2D eigenvalue weighted by Gasteiger charge is -2.12. The standard InChI is InChI=1S/C15H17FN2O4S/c1-10-7-14(22-18-10)9-23(20,21)11(2)15(19)17-8-12-3-5-13(16)6-4-12/h3-7,11H,8-9H2,1-2H3,(H,17,19). The van der Waals surface area contributed by atoms with Gasteiger partial charge >= 0.3 is 0 Å². The molecule has 2 rings (SSSR count). The molecule has 23 heavy (non-hydrogen) atoms. The highest BCUT2D eigenvalue weighted by atomic mass is 32.2. The Morgan fingerprint density at radius 1 is 1.35 bits per heavy atom. The summed E-state index contributed by atoms with van der Waals surface area (Å²) in [7, 11) is -3.72. The smallest absolute Gasteiger partial charge is 0.238 e. The fourth-order valence-corrected chi connectivity index (χ4v) is 3.10. The maximum atomic E-state index is 12.8. The Morgan fingerprint density at radius 2 is 2.00 bits per heavy atom. The predicted octanol–water partition coefficient (Wildman–Crippen LogP) is 1.74. The van der Waals surface area contributed by atoms with Crippen LogP contribution in [0.15, 0.2) is 34.9 Å². The zero-order valence-corrected chi connectivity index (χ0v) is 13.6. The van der Waals surface area contributed by atoms with Crippen LogP contribution in [-0.2, 0) is 26.9 Å². The van der Waals surface area contributed by atoms with E-state index in [1.165, 1.54) is 37.3 Å². The van der Waals surface area contributed by atoms with E-state index in [-0.39, 0.29) is 23.9 Å². The molecule has 0 aliphatic rings. The van der Waals surface area contributed by atoms with Gasteiger partial charge in [0.2, 0.25) is 5.91 Å². The van der Waals surface area contributed by atoms with Crippen LogP contribution >= 0.6 is 0 Å². The molecule has 1 aromatic heterocycles. The Labute approximate surface area is 133 Å². The number of sulfone groups is 1. The minimum Gasteiger partial charge on any atom is -0.360 e. The van der Waals surface area contributed by atoms with Gasteiger partial charge < -0.3 is 9.84 Å². The molecule has 1 amide bonds. The number of nitrogens with one attached hydrogen (secondary N) is 1. The Hall–Kier alpha value is -2.22. The third kappa shape index (κ3) is 4.62. The SMILES string of the molecule is Cc1cc(CS(=O)(=O)C(C)C(=O)NCc2ccc(F)cc2)on1. The number of hydrogen-bond acceptors (Lipinski definition) is 5. The second kappa shape index (κ2) is 6.91. The number of benzene rings is 1. The van der Waals surface area contributed by atoms with Crippen molar-refractivity contribution >= 4 is 15.7 Å². The number of hydrogen-bond donors (Lipinski definition) is 1. The first-order chi connectivity index (χ1) is 10.8. The molecular formula is C15H17FN2O4S. The van der Waals surface area contributed by atoms with E-state index in [0.717, 1.165) is 0 Å². The van der Waals surface area contributed by atoms with Crippen molar-refractivity contribution in [2.75, 3.05) is 0 Å². The first-order valence-electron chi connectivity index (χ1n) is 6.94. The van der Waals surface area contributed by atoms with Crippen molar-refractivity contribution in [3.63, 3.8) is 0 Å². The number of aryl methyl sites for hydroxylation is 1. The summed E-state index contributed by atoms with van der Waals surface area (Å²) < 4.78 is 42.1. The Bertz CT molecular complexity index is 784. The van der Waals surface area contributed by atoms with Crippen LogP contribution in [0.5, 0.6) is 0 Å². The number of nitrogens with zero attached hydrogens (tertiary/aromatic N) is 1. The minimum atomic E-state index is -3.72. The topological polar surface area (TPSA) is 89.3 Å². The number of aromatic nitrogens is 1. The molecule has 8 heteroatoms. The van der Waals surface area contributed by atoms with E-state index in [4.69, 9.17) is 4.52 Å². The number of carbonyl (C=O) groups is 1. The molecule has 0 aliphatic carbocycles. The highest BCUT2D eigenvalue weighted by Gasteiger charge is 2.29. The summed E-state index contributed by atoms with van der Waals surface area (Å²) in [6.07, 6.45) is 0. The quantitative estimate of drug-likeness (QED) is 0.865. The molecule has 0 bridgehead atoms. The molecule has 0 aliphatic heterocycles. The van der Waals surface area contributed by atoms with E-state index in [2.05, 4.69) is 10.5 Å². The molecule has 1 atom stereocenters. The largest absolute Gasteiger partial charge is 0.360 e. The molecule has 1 heterocycles. The Morgan fingerprint density at radius 3 is 2.57 bits per heavy atom. The van der Waals surface area contributed by atoms with Crippen molar-refractivity contribution in [3.8, 4) is 0 Å². The van der Waals surface area contributed by atoms with Crippen LogP contribution in [0.1, 0.15) is 23.9 Å². The Balaban J connectivity index is 1.96. The molecule has 6 nitrogen and oxygen atoms in total. The average Bonchev–Trinajstić information content (AvgIpc) is 2.90. The monoisotopic (exact) mass is 340 g/mol. The summed E-state index contributed by atoms with van der Waals surface area (Å²) in [6.45, 7) is 3.12. The van der Waals surface area contributed by atoms with E-state index in [0.29, 0.717) is 11.3 Å². The first-order valence-corrected chi connectivity index (χ1v) is 8.65. The lowest BCUT2D eigenvalue weighted by Crippen LogP contribution is -2.38. The average molecular weight is 340 g/mol. The van der Waals surface area contributed by atoms with Crippen molar-refractivity contribution in [1.82, 2.24) is 10.5 Å². The van der Waals surface area contributed by atoms with Crippen LogP contribution in [0.4, 0.5) is 4.39 Å². The molecule has 0 saturated carbocycles. The lowest BCUT2D eigenvalue weighted by molar-refractivity contribution is -0.120. The van der Waals surface area contributed by atoms with E-state index in [1.807, 2.05) is 0 Å². The number of halogens is 1. The third-order valence-corrected chi connectivity index (χ3v) is 5.29. The maximum Gasteiger partial charge on any atom is 0.238 e. The maximum absolute atomic E-state index is 12.8. The molecule has 1 unspecified atom stereocenters. The van der Waals surface area contributed by atoms with Gasteiger partial charge in [0.1, 0.15) is 16.8 Å². The van der Waals surface area contributed by atoms with Crippen molar-refractivity contribution in [2.45, 2.75) is 31.4 Å². The fourth-order valence-electron chi connectivity index (χ4n) is 1.91. The molecule has 124 valence electrons. The van der Waals surface area contributed by atoms with Crippen molar-refractivity contribution in [2.24, 2.45) is 0 Å². The molecule has 0 fully saturated rings. The van der Waals surface area contributed by atoms with Crippen LogP contribution in [0.3, 0.4) is 0 Å². The molecule has 0 saturated heterocycles. The van der Waals surface area contributed by atoms with Crippen LogP contribution < -0.4 is 5.32 Å². The van der Waals surface area contributed by atoms with Gasteiger partial charge in [-0.15, -0.1) is 0 Å². The fraction of sp³-hybridized carbons (Fsp3) is 0.333. The Kier molecular flexibility index (Phi) is 5.15. The summed E-state index contributed by atoms with van der Waals surface area (Å²) in [5.74, 6) is -1.19. The van der Waals surface area contributed by atoms with Crippen LogP contribution in [0.2, 0.25) is 0 Å². The van der Waals surface area contributed by atoms with Crippen molar-refractivity contribution < 1.29 is 22.1 Å². The molecule has 1 N–H and O–H groups in total. The van der Waals surface area contributed by atoms with Crippen LogP contribution in [-0.4, -0.2) is 24.7 Å². The van der Waals surface area contributed by atoms with Gasteiger partial charge in [0.15, 0.2) is 15.6 Å². The van der Waals surface area contributed by atoms with Gasteiger partial charge in [-0.1, -0.05) is 17.3 Å². The molecular weight excluding hydrogens is 323 g/mol. The number of amides is 1. The van der Waals surface area contributed by atoms with Gasteiger partial charge in [-0.25, -0.2) is 12.8 Å². The second-order valence-electron chi connectivity index (χ2n) is 5.23. The summed E-state index contributed by atoms with van der Waals surface area (Å²) in [5, 5.41) is 4.92. The third-order valence-electron chi connectivity index (χ3n) is 3.31. The van der Waals surface area contributed by atoms with Gasteiger partial charge in [0.25, 0.3) is 0 Å². The summed E-state index contributed by atoms with van der Waals surface area (Å²) in [5.41, 5.74) is 1.25. The summed E-state index contributed by atoms with van der Waals surface area (Å²) in [6, 6.07) is 7.10. The van der Waals surface area contributed by atoms with Crippen LogP contribution in [0, 0.1) is 12.7 Å². The number of carbonyl (C=O) groups excluding carboxylic acids is 1. The molecule has 1 aromatic carbocycles. The van der Waals surface area contributed by atoms with Crippen molar-refractivity contribution in [1.29, 1.82) is 0 Å². The first kappa shape index (κ1) is 17.1. The summed E-state index contributed by atoms with van der Waals surface area (Å²) in [4.78, 5) is 12.0. The van der Waals surface area contributed by atoms with Gasteiger partial charge in [-0.3, -0.25) is 4.79 Å². The van der Waals surface area contributed by atoms with Gasteiger partial charge in [0, 0.05) is 12.6 Å². The highest BCUT2D eigenvalue weighted by Crippen LogP contribution is 2.13. The predicted molar refractivity (Wildman–Crippen MR) is 81.6 cm³/mol. The van der Waals surface area contributed by atoms with Gasteiger partial charge in [-0.2, -0.15) is 0 Å². The van der Waals surface area contributed by atoms with E-state index in [1.54, 1.807) is 6.92 Å². The second-order valence-corrected chi connectivity index (χ2v) is 7.55. The zero-order chi connectivity index (χ0) is 17.0. The lowest BCUT2D eigenvalue weighted by atomic mass is 10.2. The normalized spacial score (nSPS) is 12.8. The van der Waals surface area contributed by atoms with Crippen molar-refractivity contribution in [3.05, 3.63) is 53.2 Å². The minimum absolute atomic E-state index is 0.125.